The van der Waals surface area contributed by atoms with Crippen molar-refractivity contribution in [3.63, 3.8) is 0 Å². The summed E-state index contributed by atoms with van der Waals surface area (Å²) < 4.78 is 29.9. The molecule has 10 nitrogen and oxygen atoms in total. The fourth-order valence-electron chi connectivity index (χ4n) is 3.34. The molecule has 148 valence electrons. The summed E-state index contributed by atoms with van der Waals surface area (Å²) in [6.07, 6.45) is 1.69. The first-order valence-corrected chi connectivity index (χ1v) is 10.3. The van der Waals surface area contributed by atoms with E-state index in [0.29, 0.717) is 19.5 Å². The van der Waals surface area contributed by atoms with Gasteiger partial charge in [0.05, 0.1) is 19.0 Å². The maximum Gasteiger partial charge on any atom is 0.318 e. The highest BCUT2D eigenvalue weighted by atomic mass is 32.2. The van der Waals surface area contributed by atoms with Crippen LogP contribution in [0.15, 0.2) is 0 Å². The summed E-state index contributed by atoms with van der Waals surface area (Å²) in [5.74, 6) is -1.58. The van der Waals surface area contributed by atoms with Crippen LogP contribution in [-0.2, 0) is 29.1 Å². The molecule has 0 saturated carbocycles. The van der Waals surface area contributed by atoms with Crippen LogP contribution >= 0.6 is 0 Å². The minimum atomic E-state index is -3.72. The van der Waals surface area contributed by atoms with Crippen molar-refractivity contribution in [3.05, 3.63) is 0 Å². The maximum absolute atomic E-state index is 12.8. The normalized spacial score (nSPS) is 24.1. The van der Waals surface area contributed by atoms with Crippen LogP contribution < -0.4 is 0 Å². The Morgan fingerprint density at radius 3 is 2.54 bits per heavy atom. The molecule has 2 saturated heterocycles. The molecule has 0 spiro atoms. The molecule has 0 aliphatic carbocycles. The molecule has 2 atom stereocenters. The second-order valence-electron chi connectivity index (χ2n) is 6.60. The summed E-state index contributed by atoms with van der Waals surface area (Å²) in [6.45, 7) is 1.93. The number of carbonyl (C=O) groups is 3. The van der Waals surface area contributed by atoms with Gasteiger partial charge in [0.25, 0.3) is 0 Å². The third-order valence-electron chi connectivity index (χ3n) is 4.58. The Morgan fingerprint density at radius 2 is 1.96 bits per heavy atom. The number of carboxylic acids is 1. The van der Waals surface area contributed by atoms with E-state index in [4.69, 9.17) is 9.84 Å². The summed E-state index contributed by atoms with van der Waals surface area (Å²) in [6, 6.07) is -0.490. The molecule has 2 amide bonds. The fraction of sp³-hybridized carbons (Fsp3) is 0.800. The molecule has 2 aliphatic heterocycles. The third kappa shape index (κ3) is 5.15. The van der Waals surface area contributed by atoms with Crippen LogP contribution in [0.5, 0.6) is 0 Å². The highest BCUT2D eigenvalue weighted by molar-refractivity contribution is 7.88. The van der Waals surface area contributed by atoms with E-state index in [1.54, 1.807) is 9.80 Å². The predicted octanol–water partition coefficient (Wildman–Crippen LogP) is -1.43. The monoisotopic (exact) mass is 391 g/mol. The second kappa shape index (κ2) is 8.31. The molecule has 1 N–H and O–H groups in total. The van der Waals surface area contributed by atoms with E-state index in [-0.39, 0.29) is 31.5 Å². The van der Waals surface area contributed by atoms with Crippen molar-refractivity contribution in [2.75, 3.05) is 45.6 Å². The number of carbonyl (C=O) groups excluding carboxylic acids is 2. The molecule has 2 heterocycles. The summed E-state index contributed by atoms with van der Waals surface area (Å²) >= 11 is 0. The molecule has 2 aliphatic rings. The number of morpholine rings is 1. The first-order chi connectivity index (χ1) is 12.1. The number of amides is 2. The van der Waals surface area contributed by atoms with E-state index in [9.17, 15) is 22.8 Å². The van der Waals surface area contributed by atoms with Crippen molar-refractivity contribution in [1.29, 1.82) is 0 Å². The van der Waals surface area contributed by atoms with Crippen LogP contribution in [0.3, 0.4) is 0 Å². The minimum absolute atomic E-state index is 0.143. The number of hydrogen-bond donors (Lipinski definition) is 1. The zero-order chi connectivity index (χ0) is 19.5. The molecule has 0 aromatic rings. The molecule has 0 aromatic carbocycles. The lowest BCUT2D eigenvalue weighted by atomic mass is 10.1. The Hall–Kier alpha value is -1.72. The van der Waals surface area contributed by atoms with Crippen molar-refractivity contribution < 1.29 is 32.6 Å². The van der Waals surface area contributed by atoms with Gasteiger partial charge < -0.3 is 19.6 Å². The first kappa shape index (κ1) is 20.6. The summed E-state index contributed by atoms with van der Waals surface area (Å²) in [4.78, 5) is 38.5. The smallest absolute Gasteiger partial charge is 0.318 e. The lowest BCUT2D eigenvalue weighted by Crippen LogP contribution is -2.55. The molecule has 0 bridgehead atoms. The largest absolute Gasteiger partial charge is 0.480 e. The minimum Gasteiger partial charge on any atom is -0.480 e. The first-order valence-electron chi connectivity index (χ1n) is 8.44. The molecular weight excluding hydrogens is 366 g/mol. The van der Waals surface area contributed by atoms with Crippen molar-refractivity contribution in [3.8, 4) is 0 Å². The van der Waals surface area contributed by atoms with E-state index in [1.165, 1.54) is 6.92 Å². The van der Waals surface area contributed by atoms with Gasteiger partial charge in [-0.15, -0.1) is 0 Å². The van der Waals surface area contributed by atoms with Gasteiger partial charge in [0.15, 0.2) is 0 Å². The van der Waals surface area contributed by atoms with Gasteiger partial charge in [-0.1, -0.05) is 0 Å². The molecule has 2 fully saturated rings. The van der Waals surface area contributed by atoms with Gasteiger partial charge in [-0.3, -0.25) is 14.4 Å². The van der Waals surface area contributed by atoms with Gasteiger partial charge in [0, 0.05) is 33.1 Å². The molecule has 0 radical (unpaired) electrons. The number of sulfonamides is 1. The molecule has 0 aromatic heterocycles. The van der Waals surface area contributed by atoms with Crippen LogP contribution in [0.4, 0.5) is 0 Å². The van der Waals surface area contributed by atoms with Crippen molar-refractivity contribution in [2.24, 2.45) is 0 Å². The average Bonchev–Trinajstić information content (AvgIpc) is 3.02. The van der Waals surface area contributed by atoms with Crippen molar-refractivity contribution in [1.82, 2.24) is 14.1 Å². The summed E-state index contributed by atoms with van der Waals surface area (Å²) in [5, 5.41) is 8.89. The van der Waals surface area contributed by atoms with Crippen LogP contribution in [0.1, 0.15) is 19.8 Å². The number of carboxylic acid groups (broad SMARTS) is 1. The number of ether oxygens (including phenoxy) is 1. The Balaban J connectivity index is 2.02. The van der Waals surface area contributed by atoms with E-state index in [2.05, 4.69) is 0 Å². The molecule has 0 unspecified atom stereocenters. The molecule has 26 heavy (non-hydrogen) atoms. The van der Waals surface area contributed by atoms with Gasteiger partial charge in [-0.25, -0.2) is 8.42 Å². The highest BCUT2D eigenvalue weighted by Crippen LogP contribution is 2.21. The standard InChI is InChI=1S/C15H25N3O7S/c1-11(19)18-5-3-4-13(18)15(22)16-6-7-25-12(8-16)9-17(10-14(20)21)26(2,23)24/h12-13H,3-10H2,1-2H3,(H,20,21)/t12-,13+/m0/s1. The second-order valence-corrected chi connectivity index (χ2v) is 8.58. The van der Waals surface area contributed by atoms with Gasteiger partial charge in [-0.2, -0.15) is 4.31 Å². The topological polar surface area (TPSA) is 125 Å². The average molecular weight is 391 g/mol. The zero-order valence-electron chi connectivity index (χ0n) is 15.0. The summed E-state index contributed by atoms with van der Waals surface area (Å²) in [5.41, 5.74) is 0. The Kier molecular flexibility index (Phi) is 6.58. The lowest BCUT2D eigenvalue weighted by molar-refractivity contribution is -0.148. The van der Waals surface area contributed by atoms with E-state index >= 15 is 0 Å². The van der Waals surface area contributed by atoms with Crippen LogP contribution in [0.2, 0.25) is 0 Å². The van der Waals surface area contributed by atoms with E-state index < -0.39 is 34.7 Å². The van der Waals surface area contributed by atoms with Gasteiger partial charge in [0.2, 0.25) is 21.8 Å². The quantitative estimate of drug-likeness (QED) is 0.589. The Bertz CT molecular complexity index is 666. The van der Waals surface area contributed by atoms with Crippen LogP contribution in [-0.4, -0.2) is 103 Å². The summed E-state index contributed by atoms with van der Waals surface area (Å²) in [7, 11) is -3.72. The highest BCUT2D eigenvalue weighted by Gasteiger charge is 2.37. The number of nitrogens with zero attached hydrogens (tertiary/aromatic N) is 3. The zero-order valence-corrected chi connectivity index (χ0v) is 15.8. The van der Waals surface area contributed by atoms with Gasteiger partial charge in [-0.05, 0) is 12.8 Å². The SMILES string of the molecule is CC(=O)N1CCC[C@@H]1C(=O)N1CCO[C@H](CN(CC(=O)O)S(C)(=O)=O)C1. The number of rotatable bonds is 6. The van der Waals surface area contributed by atoms with Gasteiger partial charge >= 0.3 is 5.97 Å². The number of hydrogen-bond acceptors (Lipinski definition) is 6. The number of likely N-dealkylation sites (tertiary alicyclic amines) is 1. The van der Waals surface area contributed by atoms with Crippen LogP contribution in [0, 0.1) is 0 Å². The molecule has 11 heteroatoms. The molecular formula is C15H25N3O7S. The van der Waals surface area contributed by atoms with Crippen molar-refractivity contribution in [2.45, 2.75) is 31.9 Å². The Labute approximate surface area is 152 Å². The third-order valence-corrected chi connectivity index (χ3v) is 5.80. The number of aliphatic carboxylic acids is 1. The van der Waals surface area contributed by atoms with Crippen molar-refractivity contribution >= 4 is 27.8 Å². The molecule has 2 rings (SSSR count). The maximum atomic E-state index is 12.8. The van der Waals surface area contributed by atoms with E-state index in [1.807, 2.05) is 0 Å². The lowest BCUT2D eigenvalue weighted by Gasteiger charge is -2.37. The van der Waals surface area contributed by atoms with E-state index in [0.717, 1.165) is 17.0 Å². The van der Waals surface area contributed by atoms with Crippen LogP contribution in [0.25, 0.3) is 0 Å². The fourth-order valence-corrected chi connectivity index (χ4v) is 4.12. The predicted molar refractivity (Wildman–Crippen MR) is 90.8 cm³/mol. The van der Waals surface area contributed by atoms with Gasteiger partial charge in [0.1, 0.15) is 12.6 Å². The Morgan fingerprint density at radius 1 is 1.27 bits per heavy atom.